The molecule has 7 heteroatoms. The summed E-state index contributed by atoms with van der Waals surface area (Å²) < 4.78 is 11.7. The van der Waals surface area contributed by atoms with E-state index in [1.807, 2.05) is 13.8 Å². The first-order valence-corrected chi connectivity index (χ1v) is 9.19. The number of fused-ring (bicyclic) bond motifs is 1. The van der Waals surface area contributed by atoms with Gasteiger partial charge in [0.05, 0.1) is 18.6 Å². The highest BCUT2D eigenvalue weighted by atomic mass is 32.2. The summed E-state index contributed by atoms with van der Waals surface area (Å²) in [5.41, 5.74) is 2.60. The molecule has 6 nitrogen and oxygen atoms in total. The molecule has 1 aliphatic heterocycles. The molecule has 0 aromatic carbocycles. The minimum Gasteiger partial charge on any atom is -0.348 e. The van der Waals surface area contributed by atoms with Crippen molar-refractivity contribution in [3.8, 4) is 0 Å². The number of aromatic nitrogens is 2. The molecular formula is C16H23N3O3S. The summed E-state index contributed by atoms with van der Waals surface area (Å²) in [6.07, 6.45) is 6.31. The van der Waals surface area contributed by atoms with Crippen LogP contribution in [0.15, 0.2) is 17.2 Å². The lowest BCUT2D eigenvalue weighted by Crippen LogP contribution is -2.44. The molecule has 0 unspecified atom stereocenters. The van der Waals surface area contributed by atoms with Gasteiger partial charge in [0.15, 0.2) is 5.79 Å². The van der Waals surface area contributed by atoms with Crippen LogP contribution >= 0.6 is 11.8 Å². The third-order valence-corrected chi connectivity index (χ3v) is 4.88. The monoisotopic (exact) mass is 337 g/mol. The van der Waals surface area contributed by atoms with Crippen LogP contribution in [0.25, 0.3) is 5.57 Å². The van der Waals surface area contributed by atoms with Gasteiger partial charge in [-0.25, -0.2) is 4.98 Å². The second-order valence-corrected chi connectivity index (χ2v) is 7.21. The maximum Gasteiger partial charge on any atom is 0.254 e. The van der Waals surface area contributed by atoms with Crippen molar-refractivity contribution in [2.45, 2.75) is 38.2 Å². The average Bonchev–Trinajstić information content (AvgIpc) is 3.08. The zero-order chi connectivity index (χ0) is 16.4. The topological polar surface area (TPSA) is 76.2 Å². The molecule has 2 N–H and O–H groups in total. The lowest BCUT2D eigenvalue weighted by molar-refractivity contribution is -0.140. The second-order valence-electron chi connectivity index (χ2n) is 6.30. The number of allylic oxidation sites excluding steroid dienone is 1. The van der Waals surface area contributed by atoms with Crippen LogP contribution in [-0.4, -0.2) is 53.1 Å². The smallest absolute Gasteiger partial charge is 0.254 e. The highest BCUT2D eigenvalue weighted by molar-refractivity contribution is 7.98. The van der Waals surface area contributed by atoms with E-state index in [4.69, 9.17) is 9.47 Å². The first kappa shape index (κ1) is 16.7. The van der Waals surface area contributed by atoms with E-state index in [0.29, 0.717) is 19.6 Å². The number of nitrogens with zero attached hydrogens (tertiary/aromatic N) is 1. The van der Waals surface area contributed by atoms with Crippen molar-refractivity contribution in [1.82, 2.24) is 15.3 Å². The minimum atomic E-state index is -0.517. The van der Waals surface area contributed by atoms with Crippen molar-refractivity contribution in [3.63, 3.8) is 0 Å². The molecule has 2 aliphatic rings. The highest BCUT2D eigenvalue weighted by Gasteiger charge is 2.37. The molecule has 1 aromatic heterocycles. The molecule has 0 spiro atoms. The summed E-state index contributed by atoms with van der Waals surface area (Å²) >= 11 is 1.78. The molecule has 0 amide bonds. The van der Waals surface area contributed by atoms with Crippen molar-refractivity contribution in [3.05, 3.63) is 34.0 Å². The van der Waals surface area contributed by atoms with Gasteiger partial charge in [-0.1, -0.05) is 6.08 Å². The second kappa shape index (κ2) is 6.76. The van der Waals surface area contributed by atoms with Crippen LogP contribution in [0.5, 0.6) is 0 Å². The number of ether oxygens (including phenoxy) is 2. The Morgan fingerprint density at radius 2 is 2.39 bits per heavy atom. The van der Waals surface area contributed by atoms with E-state index < -0.39 is 5.79 Å². The molecule has 126 valence electrons. The summed E-state index contributed by atoms with van der Waals surface area (Å²) in [7, 11) is 0. The third-order valence-electron chi connectivity index (χ3n) is 4.19. The number of nitrogens with one attached hydrogen (secondary N) is 2. The third kappa shape index (κ3) is 3.68. The Bertz CT molecular complexity index is 656. The molecule has 1 aromatic rings. The molecule has 23 heavy (non-hydrogen) atoms. The van der Waals surface area contributed by atoms with Gasteiger partial charge in [0, 0.05) is 23.9 Å². The largest absolute Gasteiger partial charge is 0.348 e. The van der Waals surface area contributed by atoms with Gasteiger partial charge in [-0.2, -0.15) is 11.8 Å². The lowest BCUT2D eigenvalue weighted by Gasteiger charge is -2.25. The predicted octanol–water partition coefficient (Wildman–Crippen LogP) is 1.18. The summed E-state index contributed by atoms with van der Waals surface area (Å²) in [5, 5.41) is 3.56. The number of aromatic amines is 1. The van der Waals surface area contributed by atoms with Gasteiger partial charge in [-0.15, -0.1) is 0 Å². The van der Waals surface area contributed by atoms with Crippen LogP contribution in [-0.2, 0) is 15.9 Å². The summed E-state index contributed by atoms with van der Waals surface area (Å²) in [6, 6.07) is 0.193. The standard InChI is InChI=1S/C16H23N3O3S/c1-16(2)21-7-13(22-16)12(8-23-3)17-6-10-4-5-11-14(10)18-9-19-15(11)20/h4,9,12-13,17H,5-8H2,1-3H3,(H,18,19,20)/t12-,13-/m1/s1. The van der Waals surface area contributed by atoms with Crippen LogP contribution < -0.4 is 10.9 Å². The van der Waals surface area contributed by atoms with Crippen LogP contribution in [0.4, 0.5) is 0 Å². The van der Waals surface area contributed by atoms with E-state index in [9.17, 15) is 4.79 Å². The minimum absolute atomic E-state index is 0.0334. The maximum absolute atomic E-state index is 11.8. The zero-order valence-electron chi connectivity index (χ0n) is 13.7. The number of hydrogen-bond acceptors (Lipinski definition) is 6. The van der Waals surface area contributed by atoms with Crippen LogP contribution in [0.1, 0.15) is 25.1 Å². The van der Waals surface area contributed by atoms with E-state index in [1.54, 1.807) is 11.8 Å². The van der Waals surface area contributed by atoms with Gasteiger partial charge in [-0.05, 0) is 32.1 Å². The number of H-pyrrole nitrogens is 1. The lowest BCUT2D eigenvalue weighted by atomic mass is 10.1. The van der Waals surface area contributed by atoms with Gasteiger partial charge in [0.2, 0.25) is 0 Å². The van der Waals surface area contributed by atoms with Crippen LogP contribution in [0.2, 0.25) is 0 Å². The average molecular weight is 337 g/mol. The summed E-state index contributed by atoms with van der Waals surface area (Å²) in [6.45, 7) is 5.15. The van der Waals surface area contributed by atoms with Gasteiger partial charge in [-0.3, -0.25) is 4.79 Å². The van der Waals surface area contributed by atoms with Crippen molar-refractivity contribution in [2.75, 3.05) is 25.2 Å². The Morgan fingerprint density at radius 3 is 3.09 bits per heavy atom. The Hall–Kier alpha value is -1.15. The van der Waals surface area contributed by atoms with Gasteiger partial charge >= 0.3 is 0 Å². The fraction of sp³-hybridized carbons (Fsp3) is 0.625. The van der Waals surface area contributed by atoms with Gasteiger partial charge < -0.3 is 19.8 Å². The number of thioether (sulfide) groups is 1. The van der Waals surface area contributed by atoms with Gasteiger partial charge in [0.25, 0.3) is 5.56 Å². The summed E-state index contributed by atoms with van der Waals surface area (Å²) in [4.78, 5) is 18.7. The first-order valence-electron chi connectivity index (χ1n) is 7.80. The van der Waals surface area contributed by atoms with Crippen LogP contribution in [0.3, 0.4) is 0 Å². The van der Waals surface area contributed by atoms with Crippen LogP contribution in [0, 0.1) is 0 Å². The van der Waals surface area contributed by atoms with E-state index in [0.717, 1.165) is 22.6 Å². The molecule has 2 atom stereocenters. The molecule has 2 heterocycles. The van der Waals surface area contributed by atoms with Crippen molar-refractivity contribution >= 4 is 17.3 Å². The predicted molar refractivity (Wildman–Crippen MR) is 91.6 cm³/mol. The van der Waals surface area contributed by atoms with E-state index in [-0.39, 0.29) is 17.7 Å². The molecule has 0 bridgehead atoms. The molecule has 1 saturated heterocycles. The number of rotatable bonds is 6. The Kier molecular flexibility index (Phi) is 4.91. The fourth-order valence-electron chi connectivity index (χ4n) is 3.00. The first-order chi connectivity index (χ1) is 11.0. The maximum atomic E-state index is 11.8. The summed E-state index contributed by atoms with van der Waals surface area (Å²) in [5.74, 6) is 0.421. The van der Waals surface area contributed by atoms with E-state index >= 15 is 0 Å². The Morgan fingerprint density at radius 1 is 1.57 bits per heavy atom. The normalized spacial score (nSPS) is 23.6. The van der Waals surface area contributed by atoms with Crippen molar-refractivity contribution in [2.24, 2.45) is 0 Å². The fourth-order valence-corrected chi connectivity index (χ4v) is 3.70. The Balaban J connectivity index is 1.65. The molecular weight excluding hydrogens is 314 g/mol. The van der Waals surface area contributed by atoms with Crippen molar-refractivity contribution < 1.29 is 9.47 Å². The van der Waals surface area contributed by atoms with Gasteiger partial charge in [0.1, 0.15) is 6.10 Å². The molecule has 1 aliphatic carbocycles. The number of hydrogen-bond donors (Lipinski definition) is 2. The molecule has 0 saturated carbocycles. The molecule has 3 rings (SSSR count). The zero-order valence-corrected chi connectivity index (χ0v) is 14.5. The van der Waals surface area contributed by atoms with E-state index in [1.165, 1.54) is 6.33 Å². The van der Waals surface area contributed by atoms with Crippen molar-refractivity contribution in [1.29, 1.82) is 0 Å². The highest BCUT2D eigenvalue weighted by Crippen LogP contribution is 2.26. The quantitative estimate of drug-likeness (QED) is 0.812. The molecule has 1 fully saturated rings. The SMILES string of the molecule is CSC[C@@H](NCC1=CCc2c1nc[nH]c2=O)[C@H]1COC(C)(C)O1. The van der Waals surface area contributed by atoms with E-state index in [2.05, 4.69) is 27.6 Å². The molecule has 0 radical (unpaired) electrons. The Labute approximate surface area is 140 Å².